The number of hydrogen-bond acceptors (Lipinski definition) is 9. The van der Waals surface area contributed by atoms with Gasteiger partial charge in [-0.15, -0.1) is 0 Å². The molecule has 57 heavy (non-hydrogen) atoms. The average Bonchev–Trinajstić information content (AvgIpc) is 4.09. The molecule has 2 N–H and O–H groups in total. The van der Waals surface area contributed by atoms with Crippen LogP contribution in [-0.4, -0.2) is 93.8 Å². The summed E-state index contributed by atoms with van der Waals surface area (Å²) in [4.78, 5) is 68.3. The van der Waals surface area contributed by atoms with Crippen LogP contribution in [-0.2, 0) is 37.1 Å². The largest absolute Gasteiger partial charge is 0.343 e. The molecule has 2 saturated carbocycles. The Hall–Kier alpha value is -5.34. The number of pyridine rings is 1. The fraction of sp³-hybridized carbons (Fsp3) is 0.359. The number of nitrogens with zero attached hydrogens (tertiary/aromatic N) is 7. The summed E-state index contributed by atoms with van der Waals surface area (Å²) in [6.45, 7) is 2.57. The third-order valence-corrected chi connectivity index (χ3v) is 12.9. The predicted molar refractivity (Wildman–Crippen MR) is 209 cm³/mol. The second-order valence-electron chi connectivity index (χ2n) is 15.2. The molecule has 18 heteroatoms. The molecule has 1 saturated heterocycles. The number of anilines is 2. The molecule has 1 atom stereocenters. The van der Waals surface area contributed by atoms with E-state index in [0.717, 1.165) is 11.8 Å². The summed E-state index contributed by atoms with van der Waals surface area (Å²) in [5.41, 5.74) is -1.08. The fourth-order valence-corrected chi connectivity index (χ4v) is 8.99. The summed E-state index contributed by atoms with van der Waals surface area (Å²) in [6.07, 6.45) is 4.57. The topological polar surface area (TPSA) is 191 Å². The first-order valence-corrected chi connectivity index (χ1v) is 20.9. The number of piperazine rings is 1. The molecule has 0 bridgehead atoms. The van der Waals surface area contributed by atoms with Gasteiger partial charge in [0, 0.05) is 42.6 Å². The van der Waals surface area contributed by atoms with Gasteiger partial charge in [0.25, 0.3) is 17.7 Å². The number of carbonyl (C=O) groups is 4. The predicted octanol–water partition coefficient (Wildman–Crippen LogP) is 3.88. The summed E-state index contributed by atoms with van der Waals surface area (Å²) in [5, 5.41) is 16.0. The van der Waals surface area contributed by atoms with Crippen LogP contribution in [0.15, 0.2) is 66.9 Å². The van der Waals surface area contributed by atoms with Crippen molar-refractivity contribution < 1.29 is 27.6 Å². The average molecular weight is 831 g/mol. The number of sulfonamides is 1. The molecule has 3 fully saturated rings. The maximum Gasteiger partial charge on any atom is 0.272 e. The van der Waals surface area contributed by atoms with Gasteiger partial charge in [0.15, 0.2) is 0 Å². The van der Waals surface area contributed by atoms with Gasteiger partial charge in [0.05, 0.1) is 41.0 Å². The van der Waals surface area contributed by atoms with Crippen LogP contribution in [0.5, 0.6) is 0 Å². The number of rotatable bonds is 10. The van der Waals surface area contributed by atoms with Crippen LogP contribution in [0.2, 0.25) is 10.0 Å². The molecule has 8 rings (SSSR count). The highest BCUT2D eigenvalue weighted by Crippen LogP contribution is 2.48. The number of hydrogen-bond donors (Lipinski definition) is 2. The van der Waals surface area contributed by atoms with Gasteiger partial charge in [-0.05, 0) is 80.6 Å². The summed E-state index contributed by atoms with van der Waals surface area (Å²) in [7, 11) is -3.36. The zero-order chi connectivity index (χ0) is 40.5. The number of aromatic nitrogens is 3. The molecule has 2 aliphatic carbocycles. The molecule has 294 valence electrons. The van der Waals surface area contributed by atoms with Crippen molar-refractivity contribution in [2.75, 3.05) is 37.3 Å². The lowest BCUT2D eigenvalue weighted by molar-refractivity contribution is -0.125. The van der Waals surface area contributed by atoms with Crippen molar-refractivity contribution in [1.82, 2.24) is 34.4 Å². The molecular formula is C39H37Cl2N9O6S. The Balaban J connectivity index is 1.02. The molecule has 4 aliphatic rings. The third kappa shape index (κ3) is 7.03. The zero-order valence-electron chi connectivity index (χ0n) is 31.0. The molecule has 0 unspecified atom stereocenters. The highest BCUT2D eigenvalue weighted by atomic mass is 35.5. The smallest absolute Gasteiger partial charge is 0.272 e. The number of amides is 4. The van der Waals surface area contributed by atoms with Gasteiger partial charge in [0.1, 0.15) is 22.5 Å². The normalized spacial score (nSPS) is 20.7. The first-order chi connectivity index (χ1) is 27.1. The van der Waals surface area contributed by atoms with Crippen molar-refractivity contribution in [2.45, 2.75) is 55.6 Å². The van der Waals surface area contributed by atoms with Crippen molar-refractivity contribution in [3.05, 3.63) is 105 Å². The van der Waals surface area contributed by atoms with E-state index >= 15 is 0 Å². The summed E-state index contributed by atoms with van der Waals surface area (Å²) in [6, 6.07) is 18.7. The number of carbonyl (C=O) groups excluding carboxylic acids is 4. The number of benzene rings is 2. The number of halogens is 2. The Morgan fingerprint density at radius 3 is 2.19 bits per heavy atom. The highest BCUT2D eigenvalue weighted by Gasteiger charge is 2.57. The first kappa shape index (κ1) is 38.5. The standard InChI is InChI=1S/C39H37Cl2N9O6S/c1-37(21-24-6-8-25(22-42)9-7-24)35(54)49(28-19-26(40)18-27(41)20-28)36-43-23-30(50(36)37)32(51)45-39(12-13-39)34(53)46-38(10-11-38)31-5-3-4-29(44-31)33(52)47-14-16-48(17-15-47)57(2,55)56/h3-9,18-20,23H,10-17,21H2,1-2H3,(H,45,51)(H,46,53)/t37-/m1/s1. The maximum atomic E-state index is 14.5. The molecule has 4 heterocycles. The molecule has 2 aliphatic heterocycles. The van der Waals surface area contributed by atoms with Crippen molar-refractivity contribution >= 4 is 68.5 Å². The van der Waals surface area contributed by atoms with E-state index in [1.165, 1.54) is 15.4 Å². The van der Waals surface area contributed by atoms with Gasteiger partial charge in [-0.25, -0.2) is 23.3 Å². The van der Waals surface area contributed by atoms with E-state index in [-0.39, 0.29) is 61.8 Å². The minimum Gasteiger partial charge on any atom is -0.343 e. The Labute approximate surface area is 338 Å². The molecule has 2 aromatic carbocycles. The number of imidazole rings is 1. The molecule has 0 spiro atoms. The second-order valence-corrected chi connectivity index (χ2v) is 18.1. The Kier molecular flexibility index (Phi) is 9.42. The van der Waals surface area contributed by atoms with Crippen LogP contribution in [0, 0.1) is 11.3 Å². The van der Waals surface area contributed by atoms with Crippen LogP contribution in [0.1, 0.15) is 70.4 Å². The number of nitrogens with one attached hydrogen (secondary N) is 2. The summed E-state index contributed by atoms with van der Waals surface area (Å²) in [5.74, 6) is -1.53. The van der Waals surface area contributed by atoms with Crippen molar-refractivity contribution in [2.24, 2.45) is 0 Å². The molecular weight excluding hydrogens is 793 g/mol. The lowest BCUT2D eigenvalue weighted by Gasteiger charge is -2.33. The van der Waals surface area contributed by atoms with Gasteiger partial charge in [-0.1, -0.05) is 41.4 Å². The van der Waals surface area contributed by atoms with Gasteiger partial charge >= 0.3 is 0 Å². The highest BCUT2D eigenvalue weighted by molar-refractivity contribution is 7.88. The summed E-state index contributed by atoms with van der Waals surface area (Å²) >= 11 is 12.7. The van der Waals surface area contributed by atoms with Gasteiger partial charge in [-0.3, -0.25) is 23.7 Å². The third-order valence-electron chi connectivity index (χ3n) is 11.2. The number of nitriles is 1. The van der Waals surface area contributed by atoms with E-state index in [1.807, 2.05) is 0 Å². The van der Waals surface area contributed by atoms with Crippen LogP contribution in [0.25, 0.3) is 0 Å². The van der Waals surface area contributed by atoms with E-state index in [2.05, 4.69) is 26.7 Å². The van der Waals surface area contributed by atoms with Gasteiger partial charge in [-0.2, -0.15) is 9.57 Å². The Bertz CT molecular complexity index is 2480. The van der Waals surface area contributed by atoms with Crippen LogP contribution >= 0.6 is 23.2 Å². The van der Waals surface area contributed by atoms with Gasteiger partial charge in [0.2, 0.25) is 21.9 Å². The zero-order valence-corrected chi connectivity index (χ0v) is 33.3. The minimum atomic E-state index is -3.36. The number of fused-ring (bicyclic) bond motifs is 1. The van der Waals surface area contributed by atoms with Crippen LogP contribution in [0.4, 0.5) is 11.6 Å². The van der Waals surface area contributed by atoms with E-state index in [1.54, 1.807) is 77.1 Å². The lowest BCUT2D eigenvalue weighted by Crippen LogP contribution is -2.52. The van der Waals surface area contributed by atoms with E-state index in [9.17, 15) is 32.9 Å². The minimum absolute atomic E-state index is 0.0654. The summed E-state index contributed by atoms with van der Waals surface area (Å²) < 4.78 is 26.8. The second kappa shape index (κ2) is 13.9. The SMILES string of the molecule is C[C@@]1(Cc2ccc(C#N)cc2)C(=O)N(c2cc(Cl)cc(Cl)c2)c2ncc(C(=O)NC3(C(=O)NC4(c5cccc(C(=O)N6CCN(S(C)(=O)=O)CC6)n5)CC4)CC3)n21. The van der Waals surface area contributed by atoms with Gasteiger partial charge < -0.3 is 15.5 Å². The quantitative estimate of drug-likeness (QED) is 0.239. The van der Waals surface area contributed by atoms with Crippen molar-refractivity contribution in [3.63, 3.8) is 0 Å². The van der Waals surface area contributed by atoms with Crippen LogP contribution in [0.3, 0.4) is 0 Å². The monoisotopic (exact) mass is 829 g/mol. The van der Waals surface area contributed by atoms with E-state index < -0.39 is 38.5 Å². The molecule has 2 aromatic heterocycles. The molecule has 4 amide bonds. The Morgan fingerprint density at radius 1 is 0.930 bits per heavy atom. The molecule has 4 aromatic rings. The van der Waals surface area contributed by atoms with Crippen molar-refractivity contribution in [1.29, 1.82) is 5.26 Å². The van der Waals surface area contributed by atoms with E-state index in [0.29, 0.717) is 52.7 Å². The first-order valence-electron chi connectivity index (χ1n) is 18.3. The Morgan fingerprint density at radius 2 is 1.60 bits per heavy atom. The lowest BCUT2D eigenvalue weighted by atomic mass is 9.91. The molecule has 0 radical (unpaired) electrons. The van der Waals surface area contributed by atoms with Crippen LogP contribution < -0.4 is 15.5 Å². The van der Waals surface area contributed by atoms with E-state index in [4.69, 9.17) is 23.2 Å². The van der Waals surface area contributed by atoms with Crippen molar-refractivity contribution in [3.8, 4) is 6.07 Å². The maximum absolute atomic E-state index is 14.5. The molecule has 15 nitrogen and oxygen atoms in total. The fourth-order valence-electron chi connectivity index (χ4n) is 7.65.